The molecule has 1 atom stereocenters. The van der Waals surface area contributed by atoms with E-state index in [-0.39, 0.29) is 17.1 Å². The zero-order valence-corrected chi connectivity index (χ0v) is 22.2. The van der Waals surface area contributed by atoms with Crippen molar-refractivity contribution in [2.75, 3.05) is 7.11 Å². The zero-order valence-electron chi connectivity index (χ0n) is 19.1. The second-order valence-electron chi connectivity index (χ2n) is 8.57. The lowest BCUT2D eigenvalue weighted by Gasteiger charge is -2.21. The monoisotopic (exact) mass is 563 g/mol. The summed E-state index contributed by atoms with van der Waals surface area (Å²) in [6.45, 7) is 10.1. The fourth-order valence-corrected chi connectivity index (χ4v) is 3.85. The van der Waals surface area contributed by atoms with Crippen LogP contribution >= 0.6 is 31.9 Å². The Kier molecular flexibility index (Phi) is 7.45. The van der Waals surface area contributed by atoms with Crippen molar-refractivity contribution in [3.8, 4) is 11.5 Å². The first-order valence-electron chi connectivity index (χ1n) is 10.4. The molecule has 0 amide bonds. The third-order valence-corrected chi connectivity index (χ3v) is 6.16. The van der Waals surface area contributed by atoms with E-state index in [0.29, 0.717) is 28.2 Å². The number of fused-ring (bicyclic) bond motifs is 1. The van der Waals surface area contributed by atoms with Crippen LogP contribution in [-0.4, -0.2) is 29.1 Å². The molecule has 170 valence electrons. The van der Waals surface area contributed by atoms with Crippen LogP contribution in [-0.2, 0) is 5.41 Å². The van der Waals surface area contributed by atoms with Gasteiger partial charge in [0.1, 0.15) is 5.82 Å². The number of hydrogen-bond donors (Lipinski definition) is 0. The molecule has 0 aliphatic heterocycles. The van der Waals surface area contributed by atoms with E-state index in [0.717, 1.165) is 20.9 Å². The third kappa shape index (κ3) is 5.23. The van der Waals surface area contributed by atoms with E-state index in [4.69, 9.17) is 14.5 Å². The van der Waals surface area contributed by atoms with Crippen molar-refractivity contribution in [1.82, 2.24) is 9.66 Å². The van der Waals surface area contributed by atoms with E-state index < -0.39 is 0 Å². The lowest BCUT2D eigenvalue weighted by atomic mass is 9.95. The van der Waals surface area contributed by atoms with Gasteiger partial charge in [-0.25, -0.2) is 4.98 Å². The topological polar surface area (TPSA) is 65.7 Å². The van der Waals surface area contributed by atoms with Gasteiger partial charge in [-0.05, 0) is 59.6 Å². The van der Waals surface area contributed by atoms with E-state index in [2.05, 4.69) is 43.9 Å². The summed E-state index contributed by atoms with van der Waals surface area (Å²) in [4.78, 5) is 18.1. The Hall–Kier alpha value is -2.19. The molecule has 0 radical (unpaired) electrons. The van der Waals surface area contributed by atoms with Crippen LogP contribution in [0.3, 0.4) is 0 Å². The maximum atomic E-state index is 13.3. The second kappa shape index (κ2) is 9.75. The Bertz CT molecular complexity index is 1230. The van der Waals surface area contributed by atoms with Crippen molar-refractivity contribution in [2.45, 2.75) is 52.6 Å². The number of benzene rings is 2. The Balaban J connectivity index is 2.14. The Morgan fingerprint density at radius 3 is 2.53 bits per heavy atom. The Labute approximate surface area is 204 Å². The lowest BCUT2D eigenvalue weighted by molar-refractivity contribution is 0.207. The van der Waals surface area contributed by atoms with Crippen molar-refractivity contribution in [3.63, 3.8) is 0 Å². The summed E-state index contributed by atoms with van der Waals surface area (Å²) in [5.41, 5.74) is 0.779. The van der Waals surface area contributed by atoms with Crippen LogP contribution in [0.2, 0.25) is 0 Å². The average Bonchev–Trinajstić information content (AvgIpc) is 2.73. The number of hydrogen-bond acceptors (Lipinski definition) is 5. The second-order valence-corrected chi connectivity index (χ2v) is 10.3. The summed E-state index contributed by atoms with van der Waals surface area (Å²) in [6, 6.07) is 9.17. The van der Waals surface area contributed by atoms with Gasteiger partial charge in [0.25, 0.3) is 5.56 Å². The quantitative estimate of drug-likeness (QED) is 0.330. The molecule has 3 rings (SSSR count). The van der Waals surface area contributed by atoms with Gasteiger partial charge >= 0.3 is 0 Å². The van der Waals surface area contributed by atoms with Crippen molar-refractivity contribution < 1.29 is 9.47 Å². The molecule has 1 heterocycles. The highest BCUT2D eigenvalue weighted by molar-refractivity contribution is 9.10. The summed E-state index contributed by atoms with van der Waals surface area (Å²) < 4.78 is 14.4. The SMILES string of the molecule is CC[C@H](C)Oc1cc(Br)c(C=Nn2c(C(C)(C)C)nc3ccc(Br)cc3c2=O)cc1OC. The molecule has 1 aromatic heterocycles. The first kappa shape index (κ1) is 24.5. The van der Waals surface area contributed by atoms with Crippen LogP contribution in [0.5, 0.6) is 11.5 Å². The molecule has 0 aliphatic rings. The number of ether oxygens (including phenoxy) is 2. The molecule has 0 aliphatic carbocycles. The summed E-state index contributed by atoms with van der Waals surface area (Å²) in [5, 5.41) is 5.04. The van der Waals surface area contributed by atoms with Gasteiger partial charge in [-0.3, -0.25) is 4.79 Å². The first-order valence-corrected chi connectivity index (χ1v) is 11.9. The molecular weight excluding hydrogens is 538 g/mol. The van der Waals surface area contributed by atoms with Crippen LogP contribution in [0.1, 0.15) is 52.4 Å². The van der Waals surface area contributed by atoms with Crippen LogP contribution in [0.15, 0.2) is 49.2 Å². The van der Waals surface area contributed by atoms with E-state index in [1.165, 1.54) is 4.68 Å². The highest BCUT2D eigenvalue weighted by atomic mass is 79.9. The van der Waals surface area contributed by atoms with E-state index >= 15 is 0 Å². The molecule has 6 nitrogen and oxygen atoms in total. The number of rotatable bonds is 6. The summed E-state index contributed by atoms with van der Waals surface area (Å²) >= 11 is 7.02. The van der Waals surface area contributed by atoms with Gasteiger partial charge in [-0.2, -0.15) is 9.78 Å². The molecule has 0 fully saturated rings. The van der Waals surface area contributed by atoms with Gasteiger partial charge in [-0.1, -0.05) is 43.6 Å². The van der Waals surface area contributed by atoms with Crippen molar-refractivity contribution in [1.29, 1.82) is 0 Å². The smallest absolute Gasteiger partial charge is 0.282 e. The first-order chi connectivity index (χ1) is 15.0. The molecule has 8 heteroatoms. The summed E-state index contributed by atoms with van der Waals surface area (Å²) in [5.74, 6) is 1.82. The van der Waals surface area contributed by atoms with Crippen LogP contribution < -0.4 is 15.0 Å². The number of aromatic nitrogens is 2. The van der Waals surface area contributed by atoms with Crippen LogP contribution in [0.4, 0.5) is 0 Å². The minimum absolute atomic E-state index is 0.0613. The highest BCUT2D eigenvalue weighted by Gasteiger charge is 2.23. The maximum Gasteiger partial charge on any atom is 0.282 e. The molecule has 0 unspecified atom stereocenters. The molecular formula is C24H27Br2N3O3. The van der Waals surface area contributed by atoms with Gasteiger partial charge in [0, 0.05) is 19.9 Å². The zero-order chi connectivity index (χ0) is 23.6. The van der Waals surface area contributed by atoms with Gasteiger partial charge in [0.2, 0.25) is 0 Å². The highest BCUT2D eigenvalue weighted by Crippen LogP contribution is 2.34. The molecule has 0 spiro atoms. The molecule has 0 saturated carbocycles. The van der Waals surface area contributed by atoms with Crippen molar-refractivity contribution in [2.24, 2.45) is 5.10 Å². The van der Waals surface area contributed by atoms with E-state index in [1.807, 2.05) is 52.0 Å². The molecule has 0 saturated heterocycles. The fraction of sp³-hybridized carbons (Fsp3) is 0.375. The minimum atomic E-state index is -0.388. The van der Waals surface area contributed by atoms with Gasteiger partial charge in [-0.15, -0.1) is 0 Å². The molecule has 32 heavy (non-hydrogen) atoms. The third-order valence-electron chi connectivity index (χ3n) is 4.98. The van der Waals surface area contributed by atoms with Crippen molar-refractivity contribution in [3.05, 3.63) is 61.0 Å². The Morgan fingerprint density at radius 2 is 1.91 bits per heavy atom. The minimum Gasteiger partial charge on any atom is -0.493 e. The molecule has 0 N–H and O–H groups in total. The lowest BCUT2D eigenvalue weighted by Crippen LogP contribution is -2.29. The predicted octanol–water partition coefficient (Wildman–Crippen LogP) is 6.29. The van der Waals surface area contributed by atoms with E-state index in [1.54, 1.807) is 19.4 Å². The molecule has 0 bridgehead atoms. The molecule has 2 aromatic carbocycles. The Morgan fingerprint density at radius 1 is 1.19 bits per heavy atom. The standard InChI is InChI=1S/C24H27Br2N3O3/c1-7-14(2)32-21-12-18(26)15(10-20(21)31-6)13-27-29-22(30)17-11-16(25)8-9-19(17)28-23(29)24(3,4)5/h8-14H,7H2,1-6H3/t14-/m0/s1. The van der Waals surface area contributed by atoms with Crippen LogP contribution in [0.25, 0.3) is 10.9 Å². The predicted molar refractivity (Wildman–Crippen MR) is 136 cm³/mol. The van der Waals surface area contributed by atoms with Crippen molar-refractivity contribution >= 4 is 49.0 Å². The normalized spacial score (nSPS) is 13.0. The van der Waals surface area contributed by atoms with E-state index in [9.17, 15) is 4.79 Å². The number of nitrogens with zero attached hydrogens (tertiary/aromatic N) is 3. The van der Waals surface area contributed by atoms with Crippen LogP contribution in [0, 0.1) is 0 Å². The number of methoxy groups -OCH3 is 1. The summed E-state index contributed by atoms with van der Waals surface area (Å²) in [7, 11) is 1.60. The molecule has 3 aromatic rings. The average molecular weight is 565 g/mol. The fourth-order valence-electron chi connectivity index (χ4n) is 3.06. The maximum absolute atomic E-state index is 13.3. The summed E-state index contributed by atoms with van der Waals surface area (Å²) in [6.07, 6.45) is 2.57. The van der Waals surface area contributed by atoms with Gasteiger partial charge in [0.05, 0.1) is 30.3 Å². The largest absolute Gasteiger partial charge is 0.493 e. The number of halogens is 2. The van der Waals surface area contributed by atoms with Gasteiger partial charge in [0.15, 0.2) is 11.5 Å². The van der Waals surface area contributed by atoms with Gasteiger partial charge < -0.3 is 9.47 Å².